The summed E-state index contributed by atoms with van der Waals surface area (Å²) in [6.45, 7) is 7.13. The van der Waals surface area contributed by atoms with Crippen molar-refractivity contribution in [2.75, 3.05) is 0 Å². The van der Waals surface area contributed by atoms with Crippen LogP contribution in [0.3, 0.4) is 0 Å². The van der Waals surface area contributed by atoms with E-state index in [2.05, 4.69) is 0 Å². The second-order valence-corrected chi connectivity index (χ2v) is 6.08. The van der Waals surface area contributed by atoms with Crippen LogP contribution in [0.15, 0.2) is 9.52 Å². The zero-order chi connectivity index (χ0) is 12.2. The number of rotatable bonds is 2. The van der Waals surface area contributed by atoms with E-state index in [-0.39, 0.29) is 9.52 Å². The Morgan fingerprint density at radius 2 is 1.40 bits per heavy atom. The highest BCUT2D eigenvalue weighted by Gasteiger charge is 2.82. The highest BCUT2D eigenvalue weighted by molar-refractivity contribution is 6.59. The van der Waals surface area contributed by atoms with Crippen LogP contribution in [-0.2, 0) is 4.79 Å². The Morgan fingerprint density at radius 3 is 1.60 bits per heavy atom. The molecular formula is C10H13Cl3O2. The number of carbonyl (C=O) groups is 1. The molecule has 0 saturated heterocycles. The fraction of sp³-hybridized carbons (Fsp3) is 0.700. The van der Waals surface area contributed by atoms with Crippen LogP contribution in [0, 0.1) is 16.2 Å². The molecule has 2 unspecified atom stereocenters. The summed E-state index contributed by atoms with van der Waals surface area (Å²) in [7, 11) is 0. The maximum Gasteiger partial charge on any atom is 0.310 e. The first-order chi connectivity index (χ1) is 6.55. The largest absolute Gasteiger partial charge is 0.481 e. The normalized spacial score (nSPS) is 37.3. The van der Waals surface area contributed by atoms with E-state index in [0.717, 1.165) is 0 Å². The van der Waals surface area contributed by atoms with Crippen LogP contribution >= 0.6 is 34.8 Å². The summed E-state index contributed by atoms with van der Waals surface area (Å²) in [4.78, 5) is 11.3. The Bertz CT molecular complexity index is 358. The Kier molecular flexibility index (Phi) is 2.88. The molecule has 0 heterocycles. The summed E-state index contributed by atoms with van der Waals surface area (Å²) in [5.74, 6) is -0.886. The predicted molar refractivity (Wildman–Crippen MR) is 62.2 cm³/mol. The van der Waals surface area contributed by atoms with Crippen molar-refractivity contribution in [2.45, 2.75) is 27.7 Å². The monoisotopic (exact) mass is 270 g/mol. The molecule has 1 aliphatic carbocycles. The van der Waals surface area contributed by atoms with Gasteiger partial charge in [-0.2, -0.15) is 0 Å². The van der Waals surface area contributed by atoms with E-state index in [1.54, 1.807) is 13.8 Å². The first kappa shape index (κ1) is 13.1. The van der Waals surface area contributed by atoms with Crippen molar-refractivity contribution in [1.29, 1.82) is 0 Å². The van der Waals surface area contributed by atoms with Crippen LogP contribution in [0.25, 0.3) is 0 Å². The van der Waals surface area contributed by atoms with Gasteiger partial charge in [0.15, 0.2) is 0 Å². The van der Waals surface area contributed by atoms with Crippen molar-refractivity contribution in [1.82, 2.24) is 0 Å². The molecule has 0 aromatic carbocycles. The van der Waals surface area contributed by atoms with Crippen molar-refractivity contribution in [3.05, 3.63) is 9.52 Å². The molecule has 0 aromatic rings. The van der Waals surface area contributed by atoms with E-state index in [1.807, 2.05) is 13.8 Å². The SMILES string of the molecule is CC1(C)C(C)(C(=O)O)C1(C)C(Cl)=C(Cl)Cl. The minimum Gasteiger partial charge on any atom is -0.481 e. The van der Waals surface area contributed by atoms with Gasteiger partial charge in [-0.3, -0.25) is 4.79 Å². The molecule has 1 rings (SSSR count). The quantitative estimate of drug-likeness (QED) is 0.824. The van der Waals surface area contributed by atoms with Crippen LogP contribution in [-0.4, -0.2) is 11.1 Å². The van der Waals surface area contributed by atoms with Gasteiger partial charge in [0, 0.05) is 5.41 Å². The molecule has 1 N–H and O–H groups in total. The topological polar surface area (TPSA) is 37.3 Å². The molecule has 0 spiro atoms. The molecule has 2 atom stereocenters. The minimum atomic E-state index is -0.938. The van der Waals surface area contributed by atoms with Crippen molar-refractivity contribution in [2.24, 2.45) is 16.2 Å². The Balaban J connectivity index is 3.33. The Morgan fingerprint density at radius 1 is 1.00 bits per heavy atom. The highest BCUT2D eigenvalue weighted by atomic mass is 35.5. The molecule has 0 radical (unpaired) electrons. The first-order valence-electron chi connectivity index (χ1n) is 4.49. The number of allylic oxidation sites excluding steroid dienone is 1. The second-order valence-electron chi connectivity index (χ2n) is 4.75. The predicted octanol–water partition coefficient (Wildman–Crippen LogP) is 4.01. The van der Waals surface area contributed by atoms with Gasteiger partial charge in [-0.1, -0.05) is 55.6 Å². The average Bonchev–Trinajstić information content (AvgIpc) is 2.46. The average molecular weight is 272 g/mol. The lowest BCUT2D eigenvalue weighted by Crippen LogP contribution is -2.19. The number of carboxylic acid groups (broad SMARTS) is 1. The molecule has 1 aliphatic rings. The molecule has 2 nitrogen and oxygen atoms in total. The lowest BCUT2D eigenvalue weighted by molar-refractivity contribution is -0.144. The number of carboxylic acids is 1. The molecule has 86 valence electrons. The molecule has 5 heteroatoms. The van der Waals surface area contributed by atoms with Gasteiger partial charge in [0.2, 0.25) is 0 Å². The standard InChI is InChI=1S/C10H13Cl3O2/c1-8(2)9(3,5(11)6(12)13)10(8,4)7(14)15/h1-4H3,(H,14,15). The molecule has 0 aliphatic heterocycles. The molecular weight excluding hydrogens is 258 g/mol. The van der Waals surface area contributed by atoms with E-state index in [9.17, 15) is 9.90 Å². The minimum absolute atomic E-state index is 0.0581. The van der Waals surface area contributed by atoms with Crippen molar-refractivity contribution in [3.63, 3.8) is 0 Å². The van der Waals surface area contributed by atoms with E-state index >= 15 is 0 Å². The number of hydrogen-bond donors (Lipinski definition) is 1. The molecule has 1 saturated carbocycles. The zero-order valence-electron chi connectivity index (χ0n) is 8.99. The third kappa shape index (κ3) is 1.22. The highest BCUT2D eigenvalue weighted by Crippen LogP contribution is 2.81. The zero-order valence-corrected chi connectivity index (χ0v) is 11.3. The fourth-order valence-electron chi connectivity index (χ4n) is 2.51. The summed E-state index contributed by atoms with van der Waals surface area (Å²) < 4.78 is -0.0581. The van der Waals surface area contributed by atoms with Crippen molar-refractivity contribution < 1.29 is 9.90 Å². The maximum absolute atomic E-state index is 11.3. The van der Waals surface area contributed by atoms with Gasteiger partial charge in [-0.15, -0.1) is 0 Å². The van der Waals surface area contributed by atoms with Crippen LogP contribution < -0.4 is 0 Å². The molecule has 15 heavy (non-hydrogen) atoms. The molecule has 0 amide bonds. The smallest absolute Gasteiger partial charge is 0.310 e. The summed E-state index contributed by atoms with van der Waals surface area (Å²) >= 11 is 17.3. The summed E-state index contributed by atoms with van der Waals surface area (Å²) in [5.41, 5.74) is -2.13. The van der Waals surface area contributed by atoms with Gasteiger partial charge in [0.1, 0.15) is 4.49 Å². The molecule has 1 fully saturated rings. The third-order valence-corrected chi connectivity index (χ3v) is 5.61. The van der Waals surface area contributed by atoms with Crippen LogP contribution in [0.1, 0.15) is 27.7 Å². The lowest BCUT2D eigenvalue weighted by Gasteiger charge is -2.14. The number of hydrogen-bond acceptors (Lipinski definition) is 1. The Hall–Kier alpha value is 0.0800. The van der Waals surface area contributed by atoms with Gasteiger partial charge < -0.3 is 5.11 Å². The first-order valence-corrected chi connectivity index (χ1v) is 5.63. The third-order valence-electron chi connectivity index (χ3n) is 4.47. The molecule has 0 bridgehead atoms. The number of aliphatic carboxylic acids is 1. The molecule has 0 aromatic heterocycles. The van der Waals surface area contributed by atoms with Gasteiger partial charge in [-0.05, 0) is 12.3 Å². The van der Waals surface area contributed by atoms with E-state index in [4.69, 9.17) is 34.8 Å². The summed E-state index contributed by atoms with van der Waals surface area (Å²) in [6.07, 6.45) is 0. The number of halogens is 3. The van der Waals surface area contributed by atoms with Gasteiger partial charge >= 0.3 is 5.97 Å². The maximum atomic E-state index is 11.3. The van der Waals surface area contributed by atoms with Gasteiger partial charge in [-0.25, -0.2) is 0 Å². The van der Waals surface area contributed by atoms with Gasteiger partial charge in [0.05, 0.1) is 10.4 Å². The van der Waals surface area contributed by atoms with E-state index in [0.29, 0.717) is 0 Å². The van der Waals surface area contributed by atoms with Crippen molar-refractivity contribution in [3.8, 4) is 0 Å². The summed E-state index contributed by atoms with van der Waals surface area (Å²) in [6, 6.07) is 0. The summed E-state index contributed by atoms with van der Waals surface area (Å²) in [5, 5.41) is 9.47. The van der Waals surface area contributed by atoms with Crippen molar-refractivity contribution >= 4 is 40.8 Å². The Labute approximate surface area is 104 Å². The van der Waals surface area contributed by atoms with Crippen LogP contribution in [0.4, 0.5) is 0 Å². The van der Waals surface area contributed by atoms with E-state index in [1.165, 1.54) is 0 Å². The fourth-order valence-corrected chi connectivity index (χ4v) is 3.31. The lowest BCUT2D eigenvalue weighted by atomic mass is 9.96. The van der Waals surface area contributed by atoms with Crippen LogP contribution in [0.5, 0.6) is 0 Å². The van der Waals surface area contributed by atoms with Crippen LogP contribution in [0.2, 0.25) is 0 Å². The second kappa shape index (κ2) is 3.28. The van der Waals surface area contributed by atoms with Gasteiger partial charge in [0.25, 0.3) is 0 Å². The van der Waals surface area contributed by atoms with E-state index < -0.39 is 22.2 Å².